The fourth-order valence-electron chi connectivity index (χ4n) is 1.99. The summed E-state index contributed by atoms with van der Waals surface area (Å²) in [6.45, 7) is 8.14. The van der Waals surface area contributed by atoms with Crippen molar-refractivity contribution in [2.75, 3.05) is 0 Å². The van der Waals surface area contributed by atoms with Gasteiger partial charge < -0.3 is 9.84 Å². The highest BCUT2D eigenvalue weighted by Gasteiger charge is 2.35. The molecule has 0 bridgehead atoms. The summed E-state index contributed by atoms with van der Waals surface area (Å²) in [5, 5.41) is 9.40. The molecule has 1 N–H and O–H groups in total. The zero-order chi connectivity index (χ0) is 11.5. The Labute approximate surface area is 93.0 Å². The van der Waals surface area contributed by atoms with Crippen molar-refractivity contribution in [3.63, 3.8) is 0 Å². The Morgan fingerprint density at radius 3 is 2.53 bits per heavy atom. The van der Waals surface area contributed by atoms with Gasteiger partial charge in [-0.15, -0.1) is 0 Å². The lowest BCUT2D eigenvalue weighted by atomic mass is 9.88. The molecular formula is C13H22O2. The Balaban J connectivity index is 2.68. The Kier molecular flexibility index (Phi) is 3.81. The van der Waals surface area contributed by atoms with E-state index in [2.05, 4.69) is 25.7 Å². The van der Waals surface area contributed by atoms with Crippen LogP contribution in [0.5, 0.6) is 0 Å². The predicted octanol–water partition coefficient (Wildman–Crippen LogP) is 2.50. The molecule has 0 aliphatic carbocycles. The fourth-order valence-corrected chi connectivity index (χ4v) is 1.99. The van der Waals surface area contributed by atoms with Gasteiger partial charge in [-0.25, -0.2) is 0 Å². The van der Waals surface area contributed by atoms with Crippen LogP contribution in [-0.4, -0.2) is 22.4 Å². The molecule has 2 atom stereocenters. The number of hydrogen-bond donors (Lipinski definition) is 1. The first-order valence-corrected chi connectivity index (χ1v) is 5.78. The summed E-state index contributed by atoms with van der Waals surface area (Å²) in [6.07, 6.45) is 3.34. The Bertz CT molecular complexity index is 272. The van der Waals surface area contributed by atoms with Crippen molar-refractivity contribution in [3.8, 4) is 11.8 Å². The van der Waals surface area contributed by atoms with Crippen molar-refractivity contribution >= 4 is 0 Å². The van der Waals surface area contributed by atoms with E-state index in [1.165, 1.54) is 0 Å². The molecule has 2 nitrogen and oxygen atoms in total. The van der Waals surface area contributed by atoms with Crippen LogP contribution in [0.3, 0.4) is 0 Å². The molecule has 2 heteroatoms. The number of aliphatic hydroxyl groups excluding tert-OH is 1. The first-order chi connectivity index (χ1) is 6.87. The molecular weight excluding hydrogens is 188 g/mol. The van der Waals surface area contributed by atoms with E-state index in [4.69, 9.17) is 4.74 Å². The smallest absolute Gasteiger partial charge is 0.126 e. The highest BCUT2D eigenvalue weighted by atomic mass is 16.5. The normalized spacial score (nSPS) is 31.5. The van der Waals surface area contributed by atoms with E-state index in [9.17, 15) is 5.11 Å². The predicted molar refractivity (Wildman–Crippen MR) is 61.5 cm³/mol. The first kappa shape index (κ1) is 12.5. The maximum absolute atomic E-state index is 9.40. The fraction of sp³-hybridized carbons (Fsp3) is 0.846. The Morgan fingerprint density at radius 2 is 2.00 bits per heavy atom. The quantitative estimate of drug-likeness (QED) is 0.674. The summed E-state index contributed by atoms with van der Waals surface area (Å²) >= 11 is 0. The van der Waals surface area contributed by atoms with E-state index in [1.807, 2.05) is 13.8 Å². The van der Waals surface area contributed by atoms with Crippen molar-refractivity contribution in [3.05, 3.63) is 0 Å². The number of rotatable bonds is 1. The molecule has 0 aromatic carbocycles. The summed E-state index contributed by atoms with van der Waals surface area (Å²) in [5.74, 6) is 5.94. The van der Waals surface area contributed by atoms with Crippen LogP contribution in [0, 0.1) is 11.8 Å². The first-order valence-electron chi connectivity index (χ1n) is 5.78. The molecule has 1 heterocycles. The minimum absolute atomic E-state index is 0.0845. The Morgan fingerprint density at radius 1 is 1.33 bits per heavy atom. The third-order valence-electron chi connectivity index (χ3n) is 2.82. The van der Waals surface area contributed by atoms with Gasteiger partial charge in [0.05, 0.1) is 5.60 Å². The lowest BCUT2D eigenvalue weighted by Crippen LogP contribution is -2.42. The van der Waals surface area contributed by atoms with Crippen LogP contribution in [0.4, 0.5) is 0 Å². The van der Waals surface area contributed by atoms with Crippen molar-refractivity contribution in [1.29, 1.82) is 0 Å². The largest absolute Gasteiger partial charge is 0.380 e. The molecule has 86 valence electrons. The SMILES string of the molecule is CC[C@H](O)C#C[C@@]1(C)CCCC(C)(C)O1. The zero-order valence-electron chi connectivity index (χ0n) is 10.3. The van der Waals surface area contributed by atoms with Crippen molar-refractivity contribution in [2.24, 2.45) is 0 Å². The standard InChI is InChI=1S/C13H22O2/c1-5-11(14)7-10-13(4)9-6-8-12(2,3)15-13/h11,14H,5-6,8-9H2,1-4H3/t11-,13+/m0/s1. The maximum Gasteiger partial charge on any atom is 0.126 e. The molecule has 1 aliphatic heterocycles. The summed E-state index contributed by atoms with van der Waals surface area (Å²) < 4.78 is 5.97. The molecule has 0 spiro atoms. The van der Waals surface area contributed by atoms with Gasteiger partial charge in [-0.05, 0) is 46.5 Å². The number of hydrogen-bond acceptors (Lipinski definition) is 2. The van der Waals surface area contributed by atoms with E-state index >= 15 is 0 Å². The minimum atomic E-state index is -0.518. The van der Waals surface area contributed by atoms with E-state index in [0.717, 1.165) is 19.3 Å². The second kappa shape index (κ2) is 4.55. The molecule has 0 saturated carbocycles. The van der Waals surface area contributed by atoms with Crippen LogP contribution in [0.25, 0.3) is 0 Å². The topological polar surface area (TPSA) is 29.5 Å². The lowest BCUT2D eigenvalue weighted by Gasteiger charge is -2.40. The third-order valence-corrected chi connectivity index (χ3v) is 2.82. The van der Waals surface area contributed by atoms with Crippen molar-refractivity contribution < 1.29 is 9.84 Å². The second-order valence-corrected chi connectivity index (χ2v) is 5.14. The molecule has 1 aliphatic rings. The summed E-state index contributed by atoms with van der Waals surface area (Å²) in [4.78, 5) is 0. The summed E-state index contributed by atoms with van der Waals surface area (Å²) in [5.41, 5.74) is -0.462. The van der Waals surface area contributed by atoms with Crippen molar-refractivity contribution in [2.45, 2.75) is 70.7 Å². The van der Waals surface area contributed by atoms with Crippen LogP contribution in [0.15, 0.2) is 0 Å². The van der Waals surface area contributed by atoms with E-state index in [-0.39, 0.29) is 11.2 Å². The maximum atomic E-state index is 9.40. The average Bonchev–Trinajstić information content (AvgIpc) is 2.12. The van der Waals surface area contributed by atoms with Crippen LogP contribution < -0.4 is 0 Å². The van der Waals surface area contributed by atoms with Gasteiger partial charge >= 0.3 is 0 Å². The van der Waals surface area contributed by atoms with Crippen molar-refractivity contribution in [1.82, 2.24) is 0 Å². The third kappa shape index (κ3) is 3.85. The minimum Gasteiger partial charge on any atom is -0.380 e. The van der Waals surface area contributed by atoms with Gasteiger partial charge in [0.25, 0.3) is 0 Å². The molecule has 0 aromatic heterocycles. The number of ether oxygens (including phenoxy) is 1. The summed E-state index contributed by atoms with van der Waals surface area (Å²) in [6, 6.07) is 0. The van der Waals surface area contributed by atoms with Gasteiger partial charge in [0.15, 0.2) is 0 Å². The molecule has 1 fully saturated rings. The molecule has 1 rings (SSSR count). The van der Waals surface area contributed by atoms with Crippen LogP contribution in [-0.2, 0) is 4.74 Å². The zero-order valence-corrected chi connectivity index (χ0v) is 10.3. The van der Waals surface area contributed by atoms with Gasteiger partial charge in [0, 0.05) is 0 Å². The van der Waals surface area contributed by atoms with Gasteiger partial charge in [-0.3, -0.25) is 0 Å². The highest BCUT2D eigenvalue weighted by molar-refractivity contribution is 5.17. The molecule has 15 heavy (non-hydrogen) atoms. The van der Waals surface area contributed by atoms with Crippen LogP contribution in [0.2, 0.25) is 0 Å². The highest BCUT2D eigenvalue weighted by Crippen LogP contribution is 2.34. The van der Waals surface area contributed by atoms with Gasteiger partial charge in [0.1, 0.15) is 11.7 Å². The molecule has 0 amide bonds. The molecule has 0 aromatic rings. The average molecular weight is 210 g/mol. The monoisotopic (exact) mass is 210 g/mol. The molecule has 0 radical (unpaired) electrons. The van der Waals surface area contributed by atoms with E-state index < -0.39 is 6.10 Å². The molecule has 0 unspecified atom stereocenters. The van der Waals surface area contributed by atoms with Crippen LogP contribution >= 0.6 is 0 Å². The lowest BCUT2D eigenvalue weighted by molar-refractivity contribution is -0.135. The van der Waals surface area contributed by atoms with E-state index in [0.29, 0.717) is 6.42 Å². The van der Waals surface area contributed by atoms with Gasteiger partial charge in [-0.2, -0.15) is 0 Å². The second-order valence-electron chi connectivity index (χ2n) is 5.14. The Hall–Kier alpha value is -0.520. The summed E-state index contributed by atoms with van der Waals surface area (Å²) in [7, 11) is 0. The molecule has 1 saturated heterocycles. The van der Waals surface area contributed by atoms with Crippen LogP contribution in [0.1, 0.15) is 53.4 Å². The number of aliphatic hydroxyl groups is 1. The van der Waals surface area contributed by atoms with Gasteiger partial charge in [0.2, 0.25) is 0 Å². The van der Waals surface area contributed by atoms with E-state index in [1.54, 1.807) is 0 Å². The van der Waals surface area contributed by atoms with Gasteiger partial charge in [-0.1, -0.05) is 18.8 Å².